The number of rotatable bonds is 3. The Morgan fingerprint density at radius 2 is 1.78 bits per heavy atom. The minimum Gasteiger partial charge on any atom is -0.475 e. The summed E-state index contributed by atoms with van der Waals surface area (Å²) in [6.07, 6.45) is 3.69. The molecule has 1 aromatic heterocycles. The molecule has 0 bridgehead atoms. The minimum absolute atomic E-state index is 0.290. The quantitative estimate of drug-likeness (QED) is 0.902. The van der Waals surface area contributed by atoms with Crippen molar-refractivity contribution < 1.29 is 22.7 Å². The lowest BCUT2D eigenvalue weighted by Gasteiger charge is -2.17. The van der Waals surface area contributed by atoms with Crippen LogP contribution < -0.4 is 0 Å². The van der Waals surface area contributed by atoms with Crippen molar-refractivity contribution in [2.75, 3.05) is 13.1 Å². The van der Waals surface area contributed by atoms with Crippen LogP contribution in [0.25, 0.3) is 0 Å². The fourth-order valence-electron chi connectivity index (χ4n) is 1.98. The van der Waals surface area contributed by atoms with Crippen molar-refractivity contribution in [1.29, 1.82) is 0 Å². The van der Waals surface area contributed by atoms with E-state index in [2.05, 4.69) is 0 Å². The molecule has 1 saturated heterocycles. The van der Waals surface area contributed by atoms with Crippen LogP contribution >= 0.6 is 0 Å². The van der Waals surface area contributed by atoms with Gasteiger partial charge >= 0.3 is 5.97 Å². The van der Waals surface area contributed by atoms with Gasteiger partial charge in [-0.15, -0.1) is 0 Å². The first kappa shape index (κ1) is 13.1. The molecule has 0 spiro atoms. The van der Waals surface area contributed by atoms with Gasteiger partial charge in [0.2, 0.25) is 10.9 Å². The van der Waals surface area contributed by atoms with Crippen LogP contribution in [0.5, 0.6) is 0 Å². The van der Waals surface area contributed by atoms with Crippen LogP contribution in [0.1, 0.15) is 36.2 Å². The van der Waals surface area contributed by atoms with Gasteiger partial charge in [-0.25, -0.2) is 13.2 Å². The number of hydrogen-bond donors (Lipinski definition) is 1. The molecule has 6 nitrogen and oxygen atoms in total. The smallest absolute Gasteiger partial charge is 0.371 e. The highest BCUT2D eigenvalue weighted by Gasteiger charge is 2.28. The van der Waals surface area contributed by atoms with Crippen molar-refractivity contribution in [1.82, 2.24) is 4.31 Å². The van der Waals surface area contributed by atoms with E-state index in [9.17, 15) is 13.2 Å². The molecule has 0 aliphatic carbocycles. The van der Waals surface area contributed by atoms with E-state index in [4.69, 9.17) is 9.52 Å². The Labute approximate surface area is 105 Å². The molecule has 100 valence electrons. The molecule has 0 atom stereocenters. The lowest BCUT2D eigenvalue weighted by molar-refractivity contribution is 0.0656. The summed E-state index contributed by atoms with van der Waals surface area (Å²) in [5.41, 5.74) is 0. The zero-order valence-corrected chi connectivity index (χ0v) is 10.6. The number of carboxylic acids is 1. The second-order valence-electron chi connectivity index (χ2n) is 4.24. The predicted molar refractivity (Wildman–Crippen MR) is 62.9 cm³/mol. The summed E-state index contributed by atoms with van der Waals surface area (Å²) in [4.78, 5) is 10.7. The fraction of sp³-hybridized carbons (Fsp3) is 0.545. The fourth-order valence-corrected chi connectivity index (χ4v) is 3.41. The van der Waals surface area contributed by atoms with Gasteiger partial charge in [-0.05, 0) is 25.0 Å². The summed E-state index contributed by atoms with van der Waals surface area (Å²) in [6, 6.07) is 2.36. The number of aromatic carboxylic acids is 1. The average Bonchev–Trinajstić information content (AvgIpc) is 2.66. The highest BCUT2D eigenvalue weighted by molar-refractivity contribution is 7.89. The van der Waals surface area contributed by atoms with Gasteiger partial charge in [-0.1, -0.05) is 12.8 Å². The predicted octanol–water partition coefficient (Wildman–Crippen LogP) is 1.54. The van der Waals surface area contributed by atoms with E-state index in [1.54, 1.807) is 0 Å². The normalized spacial score (nSPS) is 18.4. The SMILES string of the molecule is O=C(O)c1ccc(S(=O)(=O)N2CCCCCC2)o1. The third-order valence-corrected chi connectivity index (χ3v) is 4.72. The third-order valence-electron chi connectivity index (χ3n) is 2.95. The zero-order valence-electron chi connectivity index (χ0n) is 9.83. The Bertz CT molecular complexity index is 525. The molecular formula is C11H15NO5S. The van der Waals surface area contributed by atoms with Crippen molar-refractivity contribution in [3.8, 4) is 0 Å². The largest absolute Gasteiger partial charge is 0.475 e. The van der Waals surface area contributed by atoms with Gasteiger partial charge in [0.05, 0.1) is 0 Å². The van der Waals surface area contributed by atoms with Gasteiger partial charge in [0.25, 0.3) is 10.0 Å². The molecule has 1 aliphatic heterocycles. The van der Waals surface area contributed by atoms with E-state index in [1.807, 2.05) is 0 Å². The molecule has 0 radical (unpaired) electrons. The minimum atomic E-state index is -3.69. The molecule has 0 saturated carbocycles. The first-order valence-electron chi connectivity index (χ1n) is 5.85. The highest BCUT2D eigenvalue weighted by atomic mass is 32.2. The van der Waals surface area contributed by atoms with Gasteiger partial charge < -0.3 is 9.52 Å². The van der Waals surface area contributed by atoms with Crippen molar-refractivity contribution in [2.24, 2.45) is 0 Å². The second-order valence-corrected chi connectivity index (χ2v) is 6.11. The van der Waals surface area contributed by atoms with Gasteiger partial charge in [0, 0.05) is 13.1 Å². The summed E-state index contributed by atoms with van der Waals surface area (Å²) in [6.45, 7) is 0.927. The summed E-state index contributed by atoms with van der Waals surface area (Å²) >= 11 is 0. The van der Waals surface area contributed by atoms with Gasteiger partial charge in [0.15, 0.2) is 0 Å². The number of sulfonamides is 1. The number of hydrogen-bond acceptors (Lipinski definition) is 4. The number of nitrogens with zero attached hydrogens (tertiary/aromatic N) is 1. The molecule has 7 heteroatoms. The molecule has 1 fully saturated rings. The molecule has 2 heterocycles. The average molecular weight is 273 g/mol. The first-order valence-corrected chi connectivity index (χ1v) is 7.29. The molecule has 1 aliphatic rings. The molecular weight excluding hydrogens is 258 g/mol. The van der Waals surface area contributed by atoms with E-state index in [0.29, 0.717) is 13.1 Å². The van der Waals surface area contributed by atoms with E-state index in [-0.39, 0.29) is 10.9 Å². The highest BCUT2D eigenvalue weighted by Crippen LogP contribution is 2.22. The second kappa shape index (κ2) is 5.11. The van der Waals surface area contributed by atoms with Gasteiger partial charge in [0.1, 0.15) is 0 Å². The third kappa shape index (κ3) is 2.56. The van der Waals surface area contributed by atoms with E-state index >= 15 is 0 Å². The summed E-state index contributed by atoms with van der Waals surface area (Å²) < 4.78 is 30.7. The summed E-state index contributed by atoms with van der Waals surface area (Å²) in [5.74, 6) is -1.63. The van der Waals surface area contributed by atoms with E-state index in [0.717, 1.165) is 31.7 Å². The monoisotopic (exact) mass is 273 g/mol. The van der Waals surface area contributed by atoms with Crippen molar-refractivity contribution >= 4 is 16.0 Å². The van der Waals surface area contributed by atoms with Crippen LogP contribution in [-0.2, 0) is 10.0 Å². The Balaban J connectivity index is 2.25. The maximum atomic E-state index is 12.2. The first-order chi connectivity index (χ1) is 8.51. The van der Waals surface area contributed by atoms with Crippen LogP contribution in [0.2, 0.25) is 0 Å². The molecule has 1 aromatic rings. The van der Waals surface area contributed by atoms with Crippen LogP contribution in [0.3, 0.4) is 0 Å². The molecule has 1 N–H and O–H groups in total. The Morgan fingerprint density at radius 3 is 2.28 bits per heavy atom. The zero-order chi connectivity index (χ0) is 13.2. The van der Waals surface area contributed by atoms with Gasteiger partial charge in [-0.2, -0.15) is 4.31 Å². The maximum absolute atomic E-state index is 12.2. The summed E-state index contributed by atoms with van der Waals surface area (Å²) in [5, 5.41) is 8.43. The van der Waals surface area contributed by atoms with Gasteiger partial charge in [-0.3, -0.25) is 0 Å². The Kier molecular flexibility index (Phi) is 3.72. The lowest BCUT2D eigenvalue weighted by atomic mass is 10.2. The van der Waals surface area contributed by atoms with Crippen LogP contribution in [-0.4, -0.2) is 36.9 Å². The van der Waals surface area contributed by atoms with Crippen LogP contribution in [0.15, 0.2) is 21.6 Å². The molecule has 18 heavy (non-hydrogen) atoms. The maximum Gasteiger partial charge on any atom is 0.371 e. The topological polar surface area (TPSA) is 87.8 Å². The van der Waals surface area contributed by atoms with E-state index in [1.165, 1.54) is 10.4 Å². The molecule has 0 unspecified atom stereocenters. The standard InChI is InChI=1S/C11H15NO5S/c13-11(14)9-5-6-10(17-9)18(15,16)12-7-3-1-2-4-8-12/h5-6H,1-4,7-8H2,(H,13,14). The Morgan fingerprint density at radius 1 is 1.17 bits per heavy atom. The Hall–Kier alpha value is -1.34. The number of carboxylic acid groups (broad SMARTS) is 1. The van der Waals surface area contributed by atoms with Crippen molar-refractivity contribution in [3.05, 3.63) is 17.9 Å². The van der Waals surface area contributed by atoms with Crippen molar-refractivity contribution in [2.45, 2.75) is 30.8 Å². The molecule has 0 aromatic carbocycles. The summed E-state index contributed by atoms with van der Waals surface area (Å²) in [7, 11) is -3.69. The van der Waals surface area contributed by atoms with Crippen LogP contribution in [0, 0.1) is 0 Å². The number of carbonyl (C=O) groups is 1. The lowest BCUT2D eigenvalue weighted by Crippen LogP contribution is -2.31. The van der Waals surface area contributed by atoms with Crippen molar-refractivity contribution in [3.63, 3.8) is 0 Å². The number of furan rings is 1. The van der Waals surface area contributed by atoms with E-state index < -0.39 is 16.0 Å². The molecule has 2 rings (SSSR count). The van der Waals surface area contributed by atoms with Crippen LogP contribution in [0.4, 0.5) is 0 Å². The molecule has 0 amide bonds.